The fraction of sp³-hybridized carbons (Fsp3) is 0.727. The normalized spacial score (nSPS) is 28.6. The van der Waals surface area contributed by atoms with Gasteiger partial charge in [0.1, 0.15) is 6.10 Å². The minimum Gasteiger partial charge on any atom is -0.379 e. The maximum atomic E-state index is 11.7. The molecule has 1 amide bonds. The van der Waals surface area contributed by atoms with Crippen LogP contribution < -0.4 is 5.48 Å². The summed E-state index contributed by atoms with van der Waals surface area (Å²) in [5, 5.41) is 0. The topological polar surface area (TPSA) is 47.6 Å². The summed E-state index contributed by atoms with van der Waals surface area (Å²) >= 11 is 0. The van der Waals surface area contributed by atoms with Gasteiger partial charge in [0.15, 0.2) is 0 Å². The van der Waals surface area contributed by atoms with Gasteiger partial charge in [0.25, 0.3) is 0 Å². The number of amides is 1. The van der Waals surface area contributed by atoms with E-state index < -0.39 is 0 Å². The highest BCUT2D eigenvalue weighted by Crippen LogP contribution is 2.43. The van der Waals surface area contributed by atoms with Gasteiger partial charge in [-0.1, -0.05) is 19.1 Å². The van der Waals surface area contributed by atoms with Crippen LogP contribution in [0.15, 0.2) is 12.2 Å². The van der Waals surface area contributed by atoms with Crippen molar-refractivity contribution in [3.8, 4) is 0 Å². The highest BCUT2D eigenvalue weighted by molar-refractivity contribution is 5.83. The van der Waals surface area contributed by atoms with Gasteiger partial charge in [-0.05, 0) is 12.8 Å². The first-order valence-electron chi connectivity index (χ1n) is 5.31. The fourth-order valence-electron chi connectivity index (χ4n) is 2.08. The van der Waals surface area contributed by atoms with Gasteiger partial charge >= 0.3 is 0 Å². The molecule has 0 radical (unpaired) electrons. The third kappa shape index (κ3) is 2.21. The molecule has 4 heteroatoms. The van der Waals surface area contributed by atoms with Gasteiger partial charge in [-0.25, -0.2) is 5.48 Å². The van der Waals surface area contributed by atoms with Crippen molar-refractivity contribution >= 4 is 5.91 Å². The molecule has 1 heterocycles. The van der Waals surface area contributed by atoms with Gasteiger partial charge in [-0.2, -0.15) is 0 Å². The molecule has 1 saturated heterocycles. The Morgan fingerprint density at radius 1 is 1.67 bits per heavy atom. The third-order valence-corrected chi connectivity index (χ3v) is 3.03. The molecular formula is C11H17NO3. The molecule has 2 fully saturated rings. The van der Waals surface area contributed by atoms with E-state index in [1.807, 2.05) is 6.92 Å². The number of hydroxylamine groups is 1. The standard InChI is InChI=1S/C11H17NO3/c1-8-5-11(2,6-8)10(13)12-15-9-3-4-14-7-9/h9H,1,3-7H2,2H3,(H,12,13). The van der Waals surface area contributed by atoms with Crippen molar-refractivity contribution in [2.75, 3.05) is 13.2 Å². The van der Waals surface area contributed by atoms with Gasteiger partial charge in [0.2, 0.25) is 5.91 Å². The largest absolute Gasteiger partial charge is 0.379 e. The van der Waals surface area contributed by atoms with Gasteiger partial charge in [0, 0.05) is 13.0 Å². The van der Waals surface area contributed by atoms with Crippen LogP contribution in [0.5, 0.6) is 0 Å². The first-order valence-corrected chi connectivity index (χ1v) is 5.31. The van der Waals surface area contributed by atoms with Crippen LogP contribution in [0.3, 0.4) is 0 Å². The second-order valence-corrected chi connectivity index (χ2v) is 4.70. The molecule has 1 aliphatic carbocycles. The Kier molecular flexibility index (Phi) is 2.80. The molecule has 2 aliphatic rings. The number of hydrogen-bond donors (Lipinski definition) is 1. The summed E-state index contributed by atoms with van der Waals surface area (Å²) in [5.74, 6) is -0.0400. The Morgan fingerprint density at radius 3 is 2.93 bits per heavy atom. The summed E-state index contributed by atoms with van der Waals surface area (Å²) in [6.07, 6.45) is 2.40. The molecule has 0 bridgehead atoms. The number of rotatable bonds is 3. The number of carbonyl (C=O) groups excluding carboxylic acids is 1. The van der Waals surface area contributed by atoms with Crippen LogP contribution in [0, 0.1) is 5.41 Å². The summed E-state index contributed by atoms with van der Waals surface area (Å²) in [7, 11) is 0. The quantitative estimate of drug-likeness (QED) is 0.563. The SMILES string of the molecule is C=C1CC(C)(C(=O)NOC2CCOC2)C1. The molecule has 84 valence electrons. The van der Waals surface area contributed by atoms with E-state index in [9.17, 15) is 4.79 Å². The lowest BCUT2D eigenvalue weighted by Crippen LogP contribution is -2.45. The van der Waals surface area contributed by atoms with Crippen LogP contribution in [-0.4, -0.2) is 25.2 Å². The zero-order chi connectivity index (χ0) is 10.9. The molecule has 15 heavy (non-hydrogen) atoms. The molecule has 1 unspecified atom stereocenters. The van der Waals surface area contributed by atoms with Crippen LogP contribution >= 0.6 is 0 Å². The highest BCUT2D eigenvalue weighted by atomic mass is 16.7. The number of ether oxygens (including phenoxy) is 1. The van der Waals surface area contributed by atoms with Crippen LogP contribution in [-0.2, 0) is 14.4 Å². The minimum atomic E-state index is -0.309. The van der Waals surface area contributed by atoms with Crippen molar-refractivity contribution in [2.24, 2.45) is 5.41 Å². The van der Waals surface area contributed by atoms with E-state index in [0.717, 1.165) is 24.8 Å². The van der Waals surface area contributed by atoms with E-state index in [1.165, 1.54) is 0 Å². The van der Waals surface area contributed by atoms with Gasteiger partial charge in [0.05, 0.1) is 12.0 Å². The minimum absolute atomic E-state index is 0.0147. The zero-order valence-corrected chi connectivity index (χ0v) is 9.04. The Hall–Kier alpha value is -0.870. The van der Waals surface area contributed by atoms with E-state index in [1.54, 1.807) is 0 Å². The third-order valence-electron chi connectivity index (χ3n) is 3.03. The average Bonchev–Trinajstić information content (AvgIpc) is 2.64. The van der Waals surface area contributed by atoms with E-state index in [-0.39, 0.29) is 17.4 Å². The fourth-order valence-corrected chi connectivity index (χ4v) is 2.08. The molecule has 4 nitrogen and oxygen atoms in total. The molecule has 0 spiro atoms. The lowest BCUT2D eigenvalue weighted by molar-refractivity contribution is -0.150. The summed E-state index contributed by atoms with van der Waals surface area (Å²) in [4.78, 5) is 17.0. The Morgan fingerprint density at radius 2 is 2.40 bits per heavy atom. The Labute approximate surface area is 89.6 Å². The average molecular weight is 211 g/mol. The molecule has 0 aromatic rings. The van der Waals surface area contributed by atoms with Crippen molar-refractivity contribution in [1.29, 1.82) is 0 Å². The van der Waals surface area contributed by atoms with Crippen LogP contribution in [0.25, 0.3) is 0 Å². The number of nitrogens with one attached hydrogen (secondary N) is 1. The van der Waals surface area contributed by atoms with Gasteiger partial charge in [-0.3, -0.25) is 9.63 Å². The molecule has 1 atom stereocenters. The van der Waals surface area contributed by atoms with Crippen molar-refractivity contribution in [3.05, 3.63) is 12.2 Å². The smallest absolute Gasteiger partial charge is 0.250 e. The molecule has 1 saturated carbocycles. The molecule has 1 N–H and O–H groups in total. The first-order chi connectivity index (χ1) is 7.10. The molecule has 2 rings (SSSR count). The summed E-state index contributed by atoms with van der Waals surface area (Å²) < 4.78 is 5.14. The summed E-state index contributed by atoms with van der Waals surface area (Å²) in [6, 6.07) is 0. The maximum absolute atomic E-state index is 11.7. The van der Waals surface area contributed by atoms with Crippen molar-refractivity contribution in [2.45, 2.75) is 32.3 Å². The van der Waals surface area contributed by atoms with Crippen LogP contribution in [0.4, 0.5) is 0 Å². The predicted molar refractivity (Wildman–Crippen MR) is 54.9 cm³/mol. The zero-order valence-electron chi connectivity index (χ0n) is 9.04. The summed E-state index contributed by atoms with van der Waals surface area (Å²) in [6.45, 7) is 7.06. The number of carbonyl (C=O) groups is 1. The number of hydrogen-bond acceptors (Lipinski definition) is 3. The maximum Gasteiger partial charge on any atom is 0.250 e. The molecule has 1 aliphatic heterocycles. The van der Waals surface area contributed by atoms with E-state index in [2.05, 4.69) is 12.1 Å². The van der Waals surface area contributed by atoms with E-state index in [4.69, 9.17) is 9.57 Å². The van der Waals surface area contributed by atoms with E-state index in [0.29, 0.717) is 13.2 Å². The number of allylic oxidation sites excluding steroid dienone is 1. The van der Waals surface area contributed by atoms with Crippen molar-refractivity contribution in [1.82, 2.24) is 5.48 Å². The monoisotopic (exact) mass is 211 g/mol. The first kappa shape index (κ1) is 10.6. The molecule has 0 aromatic carbocycles. The Bertz CT molecular complexity index is 274. The van der Waals surface area contributed by atoms with Gasteiger partial charge < -0.3 is 4.74 Å². The predicted octanol–water partition coefficient (Wildman–Crippen LogP) is 1.18. The van der Waals surface area contributed by atoms with Crippen LogP contribution in [0.2, 0.25) is 0 Å². The second kappa shape index (κ2) is 3.94. The van der Waals surface area contributed by atoms with E-state index >= 15 is 0 Å². The second-order valence-electron chi connectivity index (χ2n) is 4.70. The van der Waals surface area contributed by atoms with Gasteiger partial charge in [-0.15, -0.1) is 0 Å². The van der Waals surface area contributed by atoms with Crippen LogP contribution in [0.1, 0.15) is 26.2 Å². The van der Waals surface area contributed by atoms with Crippen molar-refractivity contribution in [3.63, 3.8) is 0 Å². The lowest BCUT2D eigenvalue weighted by Gasteiger charge is -2.38. The highest BCUT2D eigenvalue weighted by Gasteiger charge is 2.42. The Balaban J connectivity index is 1.74. The van der Waals surface area contributed by atoms with Crippen molar-refractivity contribution < 1.29 is 14.4 Å². The molecule has 0 aromatic heterocycles. The lowest BCUT2D eigenvalue weighted by atomic mass is 9.67. The molecular weight excluding hydrogens is 194 g/mol. The summed E-state index contributed by atoms with van der Waals surface area (Å²) in [5.41, 5.74) is 3.35.